The number of aromatic nitrogens is 7. The minimum atomic E-state index is -0.222. The molecule has 4 heterocycles. The third-order valence-corrected chi connectivity index (χ3v) is 4.35. The summed E-state index contributed by atoms with van der Waals surface area (Å²) in [6.45, 7) is 1.97. The molecule has 9 heteroatoms. The van der Waals surface area contributed by atoms with Gasteiger partial charge >= 0.3 is 0 Å². The highest BCUT2D eigenvalue weighted by Gasteiger charge is 2.21. The standard InChI is InChI=1S/C18H13N7O2/c1-11(18-21-16(24-26-18)12-5-7-19-8-6-12)25-10-9-20-17(25)13-3-2-4-14-15(13)23-27-22-14/h2-11H,1H3/t11-/m0/s1. The minimum Gasteiger partial charge on any atom is -0.337 e. The molecule has 1 atom stereocenters. The second-order valence-electron chi connectivity index (χ2n) is 5.96. The predicted octanol–water partition coefficient (Wildman–Crippen LogP) is 3.14. The largest absolute Gasteiger partial charge is 0.337 e. The Morgan fingerprint density at radius 1 is 1.00 bits per heavy atom. The zero-order valence-corrected chi connectivity index (χ0v) is 14.2. The molecule has 0 saturated heterocycles. The lowest BCUT2D eigenvalue weighted by molar-refractivity contribution is 0.315. The molecule has 0 bridgehead atoms. The predicted molar refractivity (Wildman–Crippen MR) is 94.4 cm³/mol. The summed E-state index contributed by atoms with van der Waals surface area (Å²) in [7, 11) is 0. The Kier molecular flexibility index (Phi) is 3.49. The zero-order valence-electron chi connectivity index (χ0n) is 14.2. The fraction of sp³-hybridized carbons (Fsp3) is 0.111. The SMILES string of the molecule is C[C@@H](c1nc(-c2ccncc2)no1)n1ccnc1-c1cccc2nonc12. The highest BCUT2D eigenvalue weighted by atomic mass is 16.6. The summed E-state index contributed by atoms with van der Waals surface area (Å²) in [4.78, 5) is 13.0. The van der Waals surface area contributed by atoms with Gasteiger partial charge in [0.05, 0.1) is 0 Å². The van der Waals surface area contributed by atoms with Gasteiger partial charge in [-0.05, 0) is 41.5 Å². The van der Waals surface area contributed by atoms with E-state index >= 15 is 0 Å². The van der Waals surface area contributed by atoms with E-state index in [0.29, 0.717) is 28.6 Å². The van der Waals surface area contributed by atoms with Crippen LogP contribution in [0.25, 0.3) is 33.8 Å². The van der Waals surface area contributed by atoms with Gasteiger partial charge in [0.1, 0.15) is 22.9 Å². The van der Waals surface area contributed by atoms with E-state index in [1.165, 1.54) is 0 Å². The Morgan fingerprint density at radius 2 is 1.89 bits per heavy atom. The molecule has 0 unspecified atom stereocenters. The van der Waals surface area contributed by atoms with Gasteiger partial charge in [-0.15, -0.1) is 0 Å². The summed E-state index contributed by atoms with van der Waals surface area (Å²) >= 11 is 0. The van der Waals surface area contributed by atoms with Gasteiger partial charge in [-0.25, -0.2) is 9.61 Å². The van der Waals surface area contributed by atoms with Crippen molar-refractivity contribution in [3.8, 4) is 22.8 Å². The third-order valence-electron chi connectivity index (χ3n) is 4.35. The Morgan fingerprint density at radius 3 is 2.78 bits per heavy atom. The lowest BCUT2D eigenvalue weighted by atomic mass is 10.1. The summed E-state index contributed by atoms with van der Waals surface area (Å²) in [5.41, 5.74) is 2.99. The first-order chi connectivity index (χ1) is 13.3. The molecule has 0 amide bonds. The number of hydrogen-bond acceptors (Lipinski definition) is 8. The molecule has 0 radical (unpaired) electrons. The Bertz CT molecular complexity index is 1210. The van der Waals surface area contributed by atoms with Crippen LogP contribution < -0.4 is 0 Å². The molecule has 0 spiro atoms. The van der Waals surface area contributed by atoms with E-state index in [1.54, 1.807) is 18.6 Å². The summed E-state index contributed by atoms with van der Waals surface area (Å²) in [6.07, 6.45) is 6.96. The molecule has 0 aliphatic rings. The quantitative estimate of drug-likeness (QED) is 0.481. The average molecular weight is 359 g/mol. The van der Waals surface area contributed by atoms with Gasteiger partial charge in [0.15, 0.2) is 0 Å². The first-order valence-electron chi connectivity index (χ1n) is 8.30. The Balaban J connectivity index is 1.54. The molecule has 132 valence electrons. The zero-order chi connectivity index (χ0) is 18.2. The lowest BCUT2D eigenvalue weighted by Gasteiger charge is -2.12. The number of rotatable bonds is 4. The van der Waals surface area contributed by atoms with Gasteiger partial charge in [-0.3, -0.25) is 4.98 Å². The Hall–Kier alpha value is -3.88. The van der Waals surface area contributed by atoms with Crippen molar-refractivity contribution in [2.45, 2.75) is 13.0 Å². The first kappa shape index (κ1) is 15.4. The molecule has 27 heavy (non-hydrogen) atoms. The first-order valence-corrected chi connectivity index (χ1v) is 8.30. The molecule has 5 aromatic rings. The van der Waals surface area contributed by atoms with E-state index in [-0.39, 0.29) is 6.04 Å². The van der Waals surface area contributed by atoms with E-state index in [0.717, 1.165) is 11.1 Å². The van der Waals surface area contributed by atoms with Crippen molar-refractivity contribution in [1.29, 1.82) is 0 Å². The van der Waals surface area contributed by atoms with Gasteiger partial charge in [0, 0.05) is 35.9 Å². The lowest BCUT2D eigenvalue weighted by Crippen LogP contribution is -2.08. The van der Waals surface area contributed by atoms with E-state index in [2.05, 4.69) is 30.4 Å². The van der Waals surface area contributed by atoms with Crippen molar-refractivity contribution in [1.82, 2.24) is 35.0 Å². The fourth-order valence-electron chi connectivity index (χ4n) is 2.96. The number of nitrogens with zero attached hydrogens (tertiary/aromatic N) is 7. The fourth-order valence-corrected chi connectivity index (χ4v) is 2.96. The smallest absolute Gasteiger partial charge is 0.249 e. The van der Waals surface area contributed by atoms with Crippen LogP contribution in [0.1, 0.15) is 18.9 Å². The summed E-state index contributed by atoms with van der Waals surface area (Å²) in [6, 6.07) is 9.10. The molecule has 0 aliphatic heterocycles. The second-order valence-corrected chi connectivity index (χ2v) is 5.96. The highest BCUT2D eigenvalue weighted by Crippen LogP contribution is 2.29. The molecule has 0 fully saturated rings. The van der Waals surface area contributed by atoms with Gasteiger partial charge in [-0.2, -0.15) is 4.98 Å². The van der Waals surface area contributed by atoms with Crippen LogP contribution in [0.2, 0.25) is 0 Å². The van der Waals surface area contributed by atoms with Gasteiger partial charge in [-0.1, -0.05) is 11.2 Å². The number of pyridine rings is 1. The van der Waals surface area contributed by atoms with Crippen LogP contribution in [-0.2, 0) is 0 Å². The third kappa shape index (κ3) is 2.56. The molecule has 9 nitrogen and oxygen atoms in total. The van der Waals surface area contributed by atoms with Crippen LogP contribution in [0.15, 0.2) is 64.3 Å². The van der Waals surface area contributed by atoms with E-state index in [1.807, 2.05) is 48.0 Å². The maximum absolute atomic E-state index is 5.49. The van der Waals surface area contributed by atoms with Gasteiger partial charge in [0.25, 0.3) is 0 Å². The molecular weight excluding hydrogens is 346 g/mol. The molecule has 0 aliphatic carbocycles. The second kappa shape index (κ2) is 6.13. The van der Waals surface area contributed by atoms with Crippen LogP contribution in [-0.4, -0.2) is 35.0 Å². The number of imidazole rings is 1. The van der Waals surface area contributed by atoms with Crippen molar-refractivity contribution < 1.29 is 9.15 Å². The van der Waals surface area contributed by atoms with Crippen molar-refractivity contribution in [3.05, 3.63) is 61.0 Å². The van der Waals surface area contributed by atoms with Crippen LogP contribution in [0.5, 0.6) is 0 Å². The van der Waals surface area contributed by atoms with Gasteiger partial charge in [0.2, 0.25) is 11.7 Å². The molecule has 5 rings (SSSR count). The minimum absolute atomic E-state index is 0.222. The summed E-state index contributed by atoms with van der Waals surface area (Å²) < 4.78 is 12.3. The monoisotopic (exact) mass is 359 g/mol. The summed E-state index contributed by atoms with van der Waals surface area (Å²) in [5, 5.41) is 12.0. The maximum atomic E-state index is 5.49. The Labute approximate surface area is 152 Å². The van der Waals surface area contributed by atoms with Crippen LogP contribution >= 0.6 is 0 Å². The number of hydrogen-bond donors (Lipinski definition) is 0. The average Bonchev–Trinajstić information content (AvgIpc) is 3.48. The van der Waals surface area contributed by atoms with Crippen molar-refractivity contribution in [2.24, 2.45) is 0 Å². The molecule has 1 aromatic carbocycles. The molecular formula is C18H13N7O2. The molecule has 4 aromatic heterocycles. The van der Waals surface area contributed by atoms with Crippen molar-refractivity contribution >= 4 is 11.0 Å². The van der Waals surface area contributed by atoms with E-state index < -0.39 is 0 Å². The van der Waals surface area contributed by atoms with Crippen molar-refractivity contribution in [2.75, 3.05) is 0 Å². The summed E-state index contributed by atoms with van der Waals surface area (Å²) in [5.74, 6) is 1.71. The van der Waals surface area contributed by atoms with Crippen LogP contribution in [0.4, 0.5) is 0 Å². The highest BCUT2D eigenvalue weighted by molar-refractivity contribution is 5.88. The maximum Gasteiger partial charge on any atom is 0.249 e. The van der Waals surface area contributed by atoms with Crippen LogP contribution in [0, 0.1) is 0 Å². The number of fused-ring (bicyclic) bond motifs is 1. The van der Waals surface area contributed by atoms with Crippen LogP contribution in [0.3, 0.4) is 0 Å². The van der Waals surface area contributed by atoms with Crippen molar-refractivity contribution in [3.63, 3.8) is 0 Å². The van der Waals surface area contributed by atoms with E-state index in [9.17, 15) is 0 Å². The molecule has 0 saturated carbocycles. The number of benzene rings is 1. The molecule has 0 N–H and O–H groups in total. The normalized spacial score (nSPS) is 12.5. The topological polar surface area (TPSA) is 109 Å². The van der Waals surface area contributed by atoms with E-state index in [4.69, 9.17) is 9.15 Å². The van der Waals surface area contributed by atoms with Gasteiger partial charge < -0.3 is 9.09 Å².